The van der Waals surface area contributed by atoms with Crippen LogP contribution in [0.15, 0.2) is 30.9 Å². The Labute approximate surface area is 145 Å². The van der Waals surface area contributed by atoms with Crippen molar-refractivity contribution in [3.8, 4) is 0 Å². The van der Waals surface area contributed by atoms with Crippen LogP contribution >= 0.6 is 0 Å². The molecule has 0 bridgehead atoms. The number of carbonyl (C=O) groups is 2. The monoisotopic (exact) mass is 373 g/mol. The molecule has 0 aliphatic rings. The molecule has 0 saturated carbocycles. The highest BCUT2D eigenvalue weighted by molar-refractivity contribution is 7.89. The standard InChI is InChI=1S/C15H20FN3O5S/c1-3-14(20)19-13-9-11(5-6-12(13)16)18-15(21)10-17-25(22,23)8-4-7-24-2/h3,5-6,9,17H,1,4,7-8,10H2,2H3,(H,18,21)(H,19,20). The van der Waals surface area contributed by atoms with Crippen molar-refractivity contribution in [1.29, 1.82) is 0 Å². The van der Waals surface area contributed by atoms with Crippen LogP contribution in [0, 0.1) is 5.82 Å². The zero-order valence-corrected chi connectivity index (χ0v) is 14.5. The summed E-state index contributed by atoms with van der Waals surface area (Å²) < 4.78 is 43.8. The summed E-state index contributed by atoms with van der Waals surface area (Å²) in [4.78, 5) is 23.0. The van der Waals surface area contributed by atoms with Gasteiger partial charge in [0, 0.05) is 19.4 Å². The Balaban J connectivity index is 2.61. The Morgan fingerprint density at radius 1 is 1.32 bits per heavy atom. The van der Waals surface area contributed by atoms with E-state index in [0.717, 1.165) is 12.1 Å². The maximum absolute atomic E-state index is 13.6. The predicted octanol–water partition coefficient (Wildman–Crippen LogP) is 0.845. The van der Waals surface area contributed by atoms with Gasteiger partial charge in [-0.05, 0) is 30.7 Å². The largest absolute Gasteiger partial charge is 0.385 e. The van der Waals surface area contributed by atoms with Gasteiger partial charge in [-0.2, -0.15) is 0 Å². The van der Waals surface area contributed by atoms with Gasteiger partial charge in [-0.3, -0.25) is 9.59 Å². The lowest BCUT2D eigenvalue weighted by atomic mass is 10.2. The number of sulfonamides is 1. The number of ether oxygens (including phenoxy) is 1. The molecule has 0 radical (unpaired) electrons. The van der Waals surface area contributed by atoms with Gasteiger partial charge in [0.15, 0.2) is 0 Å². The second kappa shape index (κ2) is 9.87. The van der Waals surface area contributed by atoms with Gasteiger partial charge in [0.1, 0.15) is 5.82 Å². The number of benzene rings is 1. The summed E-state index contributed by atoms with van der Waals surface area (Å²) in [6, 6.07) is 3.55. The number of hydrogen-bond acceptors (Lipinski definition) is 5. The van der Waals surface area contributed by atoms with Crippen LogP contribution in [0.25, 0.3) is 0 Å². The average Bonchev–Trinajstić information content (AvgIpc) is 2.56. The molecule has 2 amide bonds. The molecule has 0 saturated heterocycles. The van der Waals surface area contributed by atoms with Gasteiger partial charge in [0.25, 0.3) is 0 Å². The molecule has 0 aliphatic carbocycles. The Morgan fingerprint density at radius 3 is 2.68 bits per heavy atom. The molecule has 0 aromatic heterocycles. The molecule has 0 heterocycles. The third-order valence-electron chi connectivity index (χ3n) is 2.91. The summed E-state index contributed by atoms with van der Waals surface area (Å²) >= 11 is 0. The van der Waals surface area contributed by atoms with Gasteiger partial charge in [-0.25, -0.2) is 17.5 Å². The molecular formula is C15H20FN3O5S. The van der Waals surface area contributed by atoms with Gasteiger partial charge < -0.3 is 15.4 Å². The van der Waals surface area contributed by atoms with E-state index in [1.165, 1.54) is 19.2 Å². The van der Waals surface area contributed by atoms with Crippen LogP contribution in [-0.2, 0) is 24.3 Å². The highest BCUT2D eigenvalue weighted by Crippen LogP contribution is 2.19. The van der Waals surface area contributed by atoms with E-state index in [0.29, 0.717) is 13.0 Å². The van der Waals surface area contributed by atoms with E-state index in [-0.39, 0.29) is 17.1 Å². The first-order chi connectivity index (χ1) is 11.8. The molecule has 8 nitrogen and oxygen atoms in total. The highest BCUT2D eigenvalue weighted by Gasteiger charge is 2.13. The fourth-order valence-corrected chi connectivity index (χ4v) is 2.72. The molecule has 1 aromatic rings. The third-order valence-corrected chi connectivity index (χ3v) is 4.32. The number of anilines is 2. The fourth-order valence-electron chi connectivity index (χ4n) is 1.73. The van der Waals surface area contributed by atoms with Crippen LogP contribution < -0.4 is 15.4 Å². The average molecular weight is 373 g/mol. The van der Waals surface area contributed by atoms with Crippen molar-refractivity contribution in [2.24, 2.45) is 0 Å². The molecule has 1 rings (SSSR count). The molecule has 138 valence electrons. The Kier molecular flexibility index (Phi) is 8.19. The van der Waals surface area contributed by atoms with Crippen molar-refractivity contribution in [3.63, 3.8) is 0 Å². The van der Waals surface area contributed by atoms with Crippen LogP contribution in [0.4, 0.5) is 15.8 Å². The zero-order valence-electron chi connectivity index (χ0n) is 13.7. The Morgan fingerprint density at radius 2 is 2.04 bits per heavy atom. The minimum Gasteiger partial charge on any atom is -0.385 e. The second-order valence-electron chi connectivity index (χ2n) is 4.92. The highest BCUT2D eigenvalue weighted by atomic mass is 32.2. The van der Waals surface area contributed by atoms with Crippen LogP contribution in [0.5, 0.6) is 0 Å². The van der Waals surface area contributed by atoms with E-state index in [4.69, 9.17) is 4.74 Å². The maximum atomic E-state index is 13.6. The molecule has 0 unspecified atom stereocenters. The fraction of sp³-hybridized carbons (Fsp3) is 0.333. The Bertz CT molecular complexity index is 737. The van der Waals surface area contributed by atoms with Crippen molar-refractivity contribution >= 4 is 33.2 Å². The van der Waals surface area contributed by atoms with Crippen molar-refractivity contribution in [3.05, 3.63) is 36.7 Å². The van der Waals surface area contributed by atoms with Crippen molar-refractivity contribution in [2.75, 3.05) is 36.6 Å². The first-order valence-electron chi connectivity index (χ1n) is 7.26. The van der Waals surface area contributed by atoms with E-state index in [9.17, 15) is 22.4 Å². The minimum absolute atomic E-state index is 0.136. The van der Waals surface area contributed by atoms with Crippen molar-refractivity contribution in [2.45, 2.75) is 6.42 Å². The van der Waals surface area contributed by atoms with Gasteiger partial charge in [0.2, 0.25) is 21.8 Å². The molecule has 1 aromatic carbocycles. The number of amides is 2. The first-order valence-corrected chi connectivity index (χ1v) is 8.91. The number of rotatable bonds is 10. The SMILES string of the molecule is C=CC(=O)Nc1cc(NC(=O)CNS(=O)(=O)CCCOC)ccc1F. The number of methoxy groups -OCH3 is 1. The van der Waals surface area contributed by atoms with Gasteiger partial charge in [-0.15, -0.1) is 0 Å². The van der Waals surface area contributed by atoms with Crippen molar-refractivity contribution < 1.29 is 27.1 Å². The van der Waals surface area contributed by atoms with E-state index >= 15 is 0 Å². The lowest BCUT2D eigenvalue weighted by Crippen LogP contribution is -2.34. The normalized spacial score (nSPS) is 11.0. The van der Waals surface area contributed by atoms with E-state index in [2.05, 4.69) is 21.9 Å². The van der Waals surface area contributed by atoms with Gasteiger partial charge >= 0.3 is 0 Å². The molecule has 3 N–H and O–H groups in total. The number of hydrogen-bond donors (Lipinski definition) is 3. The molecule has 0 atom stereocenters. The molecule has 0 fully saturated rings. The summed E-state index contributed by atoms with van der Waals surface area (Å²) in [5.41, 5.74) is 0.0622. The number of nitrogens with one attached hydrogen (secondary N) is 3. The first kappa shape index (κ1) is 20.7. The predicted molar refractivity (Wildman–Crippen MR) is 92.1 cm³/mol. The lowest BCUT2D eigenvalue weighted by molar-refractivity contribution is -0.115. The van der Waals surface area contributed by atoms with Gasteiger partial charge in [-0.1, -0.05) is 6.58 Å². The topological polar surface area (TPSA) is 114 Å². The van der Waals surface area contributed by atoms with Crippen LogP contribution in [0.1, 0.15) is 6.42 Å². The molecule has 25 heavy (non-hydrogen) atoms. The van der Waals surface area contributed by atoms with Crippen LogP contribution in [0.2, 0.25) is 0 Å². The smallest absolute Gasteiger partial charge is 0.247 e. The summed E-state index contributed by atoms with van der Waals surface area (Å²) in [6.45, 7) is 3.08. The molecule has 0 aliphatic heterocycles. The van der Waals surface area contributed by atoms with E-state index in [1.54, 1.807) is 0 Å². The van der Waals surface area contributed by atoms with E-state index < -0.39 is 34.2 Å². The molecule has 0 spiro atoms. The Hall–Kier alpha value is -2.30. The molecular weight excluding hydrogens is 353 g/mol. The third kappa shape index (κ3) is 7.88. The summed E-state index contributed by atoms with van der Waals surface area (Å²) in [7, 11) is -2.13. The second-order valence-corrected chi connectivity index (χ2v) is 6.85. The van der Waals surface area contributed by atoms with Crippen LogP contribution in [0.3, 0.4) is 0 Å². The minimum atomic E-state index is -3.59. The van der Waals surface area contributed by atoms with Crippen LogP contribution in [-0.4, -0.2) is 46.2 Å². The van der Waals surface area contributed by atoms with Crippen molar-refractivity contribution in [1.82, 2.24) is 4.72 Å². The zero-order chi connectivity index (χ0) is 18.9. The van der Waals surface area contributed by atoms with Gasteiger partial charge in [0.05, 0.1) is 18.0 Å². The summed E-state index contributed by atoms with van der Waals surface area (Å²) in [6.07, 6.45) is 1.28. The quantitative estimate of drug-likeness (QED) is 0.416. The van der Waals surface area contributed by atoms with E-state index in [1.807, 2.05) is 0 Å². The summed E-state index contributed by atoms with van der Waals surface area (Å²) in [5, 5.41) is 4.66. The lowest BCUT2D eigenvalue weighted by Gasteiger charge is -2.10. The maximum Gasteiger partial charge on any atom is 0.247 e. The number of halogens is 1. The summed E-state index contributed by atoms with van der Waals surface area (Å²) in [5.74, 6) is -2.09. The molecule has 10 heteroatoms. The number of carbonyl (C=O) groups excluding carboxylic acids is 2.